The third-order valence-corrected chi connectivity index (χ3v) is 6.92. The van der Waals surface area contributed by atoms with E-state index in [2.05, 4.69) is 15.3 Å². The van der Waals surface area contributed by atoms with Crippen LogP contribution < -0.4 is 5.32 Å². The molecule has 2 heterocycles. The van der Waals surface area contributed by atoms with Gasteiger partial charge >= 0.3 is 0 Å². The van der Waals surface area contributed by atoms with Crippen LogP contribution in [0.3, 0.4) is 0 Å². The number of anilines is 1. The average Bonchev–Trinajstić information content (AvgIpc) is 3.32. The van der Waals surface area contributed by atoms with E-state index in [-0.39, 0.29) is 11.7 Å². The number of nitrogens with one attached hydrogen (secondary N) is 1. The Morgan fingerprint density at radius 2 is 1.90 bits per heavy atom. The number of halogens is 1. The van der Waals surface area contributed by atoms with Crippen molar-refractivity contribution in [2.45, 2.75) is 38.0 Å². The van der Waals surface area contributed by atoms with Crippen molar-refractivity contribution in [3.63, 3.8) is 0 Å². The second-order valence-corrected chi connectivity index (χ2v) is 8.88. The van der Waals surface area contributed by atoms with Crippen molar-refractivity contribution >= 4 is 22.6 Å². The summed E-state index contributed by atoms with van der Waals surface area (Å²) in [5, 5.41) is 12.6. The average molecular weight is 414 g/mol. The lowest BCUT2D eigenvalue weighted by molar-refractivity contribution is -0.117. The smallest absolute Gasteiger partial charge is 0.225 e. The number of aromatic nitrogens is 2. The Labute approximate surface area is 180 Å². The third kappa shape index (κ3) is 4.00. The highest BCUT2D eigenvalue weighted by Crippen LogP contribution is 2.53. The van der Waals surface area contributed by atoms with E-state index in [1.165, 1.54) is 17.8 Å². The molecule has 1 N–H and O–H groups in total. The molecule has 6 heteroatoms. The second kappa shape index (κ2) is 8.07. The molecule has 4 atom stereocenters. The number of fused-ring (bicyclic) bond motifs is 2. The molecule has 2 aliphatic carbocycles. The maximum atomic E-state index is 13.8. The molecular weight excluding hydrogens is 391 g/mol. The quantitative estimate of drug-likeness (QED) is 0.637. The van der Waals surface area contributed by atoms with Crippen LogP contribution >= 0.6 is 0 Å². The summed E-state index contributed by atoms with van der Waals surface area (Å²) < 4.78 is 13.8. The summed E-state index contributed by atoms with van der Waals surface area (Å²) in [6.45, 7) is 0. The molecule has 1 aromatic carbocycles. The topological polar surface area (TPSA) is 78.7 Å². The van der Waals surface area contributed by atoms with Crippen molar-refractivity contribution in [2.75, 3.05) is 5.32 Å². The van der Waals surface area contributed by atoms with Crippen LogP contribution in [0.25, 0.3) is 10.9 Å². The number of hydrogen-bond donors (Lipinski definition) is 1. The zero-order chi connectivity index (χ0) is 21.4. The van der Waals surface area contributed by atoms with E-state index in [0.717, 1.165) is 36.6 Å². The van der Waals surface area contributed by atoms with Gasteiger partial charge in [0.25, 0.3) is 0 Å². The van der Waals surface area contributed by atoms with E-state index < -0.39 is 0 Å². The Hall–Kier alpha value is -3.33. The van der Waals surface area contributed by atoms with Crippen LogP contribution in [0, 0.1) is 34.9 Å². The Balaban J connectivity index is 1.20. The van der Waals surface area contributed by atoms with Crippen LogP contribution in [0.5, 0.6) is 0 Å². The molecule has 0 radical (unpaired) electrons. The van der Waals surface area contributed by atoms with Crippen molar-refractivity contribution in [1.82, 2.24) is 9.97 Å². The van der Waals surface area contributed by atoms with Gasteiger partial charge in [0, 0.05) is 24.2 Å². The molecule has 0 saturated heterocycles. The number of nitriles is 1. The van der Waals surface area contributed by atoms with Gasteiger partial charge in [-0.25, -0.2) is 9.37 Å². The fourth-order valence-electron chi connectivity index (χ4n) is 5.65. The highest BCUT2D eigenvalue weighted by molar-refractivity contribution is 5.90. The fraction of sp³-hybridized carbons (Fsp3) is 0.360. The molecule has 2 aromatic heterocycles. The molecule has 3 aromatic rings. The number of nitrogens with zero attached hydrogens (tertiary/aromatic N) is 3. The van der Waals surface area contributed by atoms with Crippen LogP contribution in [0.1, 0.15) is 49.1 Å². The van der Waals surface area contributed by atoms with E-state index in [9.17, 15) is 9.18 Å². The van der Waals surface area contributed by atoms with E-state index in [0.29, 0.717) is 41.5 Å². The van der Waals surface area contributed by atoms with Crippen LogP contribution in [0.2, 0.25) is 0 Å². The summed E-state index contributed by atoms with van der Waals surface area (Å²) in [6, 6.07) is 12.2. The number of rotatable bonds is 4. The van der Waals surface area contributed by atoms with Gasteiger partial charge in [-0.05, 0) is 91.3 Å². The van der Waals surface area contributed by atoms with E-state index in [4.69, 9.17) is 5.26 Å². The first-order chi connectivity index (χ1) is 15.1. The number of carbonyl (C=O) groups is 1. The van der Waals surface area contributed by atoms with Crippen LogP contribution in [-0.2, 0) is 4.79 Å². The molecule has 0 aliphatic heterocycles. The number of hydrogen-bond acceptors (Lipinski definition) is 4. The summed E-state index contributed by atoms with van der Waals surface area (Å²) in [4.78, 5) is 20.9. The molecule has 5 rings (SSSR count). The third-order valence-electron chi connectivity index (χ3n) is 6.92. The van der Waals surface area contributed by atoms with Gasteiger partial charge in [-0.2, -0.15) is 5.26 Å². The molecular formula is C25H23FN4O. The van der Waals surface area contributed by atoms with Crippen LogP contribution in [0.4, 0.5) is 10.2 Å². The molecule has 2 aliphatic rings. The van der Waals surface area contributed by atoms with Crippen molar-refractivity contribution in [2.24, 2.45) is 17.8 Å². The number of amides is 1. The number of benzene rings is 1. The predicted molar refractivity (Wildman–Crippen MR) is 116 cm³/mol. The van der Waals surface area contributed by atoms with Crippen LogP contribution in [0.15, 0.2) is 48.8 Å². The molecule has 2 saturated carbocycles. The van der Waals surface area contributed by atoms with Crippen molar-refractivity contribution < 1.29 is 9.18 Å². The zero-order valence-electron chi connectivity index (χ0n) is 17.1. The lowest BCUT2D eigenvalue weighted by atomic mass is 9.89. The normalized spacial score (nSPS) is 24.6. The van der Waals surface area contributed by atoms with Gasteiger partial charge in [-0.3, -0.25) is 9.78 Å². The first-order valence-electron chi connectivity index (χ1n) is 10.8. The molecule has 0 unspecified atom stereocenters. The Morgan fingerprint density at radius 1 is 1.10 bits per heavy atom. The van der Waals surface area contributed by atoms with Gasteiger partial charge in [0.15, 0.2) is 0 Å². The maximum absolute atomic E-state index is 13.8. The molecule has 156 valence electrons. The largest absolute Gasteiger partial charge is 0.311 e. The second-order valence-electron chi connectivity index (χ2n) is 8.88. The minimum atomic E-state index is -0.220. The van der Waals surface area contributed by atoms with Crippen molar-refractivity contribution in [3.8, 4) is 6.07 Å². The molecule has 2 fully saturated rings. The van der Waals surface area contributed by atoms with Gasteiger partial charge in [0.2, 0.25) is 5.91 Å². The standard InChI is InChI=1S/C25H23FN4O/c26-20-2-3-23-22(12-20)21(5-6-28-23)19-10-17-7-16(8-18(17)11-19)9-25(31)30-24-4-1-15(13-27)14-29-24/h1-6,12,14,16-19H,7-11H2,(H,29,30,31)/t16-,17+,18-,19-. The summed E-state index contributed by atoms with van der Waals surface area (Å²) in [5.41, 5.74) is 2.53. The highest BCUT2D eigenvalue weighted by atomic mass is 19.1. The Kier molecular flexibility index (Phi) is 5.11. The summed E-state index contributed by atoms with van der Waals surface area (Å²) in [5.74, 6) is 2.30. The molecule has 0 bridgehead atoms. The lowest BCUT2D eigenvalue weighted by Crippen LogP contribution is -2.16. The minimum Gasteiger partial charge on any atom is -0.311 e. The highest BCUT2D eigenvalue weighted by Gasteiger charge is 2.42. The number of carbonyl (C=O) groups excluding carboxylic acids is 1. The van der Waals surface area contributed by atoms with E-state index in [1.54, 1.807) is 24.3 Å². The summed E-state index contributed by atoms with van der Waals surface area (Å²) >= 11 is 0. The molecule has 5 nitrogen and oxygen atoms in total. The number of pyridine rings is 2. The van der Waals surface area contributed by atoms with Gasteiger partial charge < -0.3 is 5.32 Å². The van der Waals surface area contributed by atoms with Crippen molar-refractivity contribution in [1.29, 1.82) is 5.26 Å². The maximum Gasteiger partial charge on any atom is 0.225 e. The molecule has 0 spiro atoms. The first kappa shape index (κ1) is 19.6. The Morgan fingerprint density at radius 3 is 2.61 bits per heavy atom. The summed E-state index contributed by atoms with van der Waals surface area (Å²) in [7, 11) is 0. The van der Waals surface area contributed by atoms with Crippen molar-refractivity contribution in [3.05, 3.63) is 65.7 Å². The monoisotopic (exact) mass is 414 g/mol. The first-order valence-corrected chi connectivity index (χ1v) is 10.8. The molecule has 31 heavy (non-hydrogen) atoms. The lowest BCUT2D eigenvalue weighted by Gasteiger charge is -2.17. The SMILES string of the molecule is N#Cc1ccc(NC(=O)C[C@H]2C[C@@H]3C[C@H](c4ccnc5ccc(F)cc45)C[C@@H]3C2)nc1. The predicted octanol–water partition coefficient (Wildman–Crippen LogP) is 5.19. The van der Waals surface area contributed by atoms with E-state index >= 15 is 0 Å². The Bertz CT molecular complexity index is 1160. The van der Waals surface area contributed by atoms with Gasteiger partial charge in [-0.1, -0.05) is 0 Å². The molecule has 1 amide bonds. The van der Waals surface area contributed by atoms with E-state index in [1.807, 2.05) is 18.3 Å². The van der Waals surface area contributed by atoms with Gasteiger partial charge in [0.1, 0.15) is 17.7 Å². The summed E-state index contributed by atoms with van der Waals surface area (Å²) in [6.07, 6.45) is 8.10. The minimum absolute atomic E-state index is 0.0191. The fourth-order valence-corrected chi connectivity index (χ4v) is 5.65. The van der Waals surface area contributed by atoms with Crippen LogP contribution in [-0.4, -0.2) is 15.9 Å². The van der Waals surface area contributed by atoms with Gasteiger partial charge in [-0.15, -0.1) is 0 Å². The zero-order valence-corrected chi connectivity index (χ0v) is 17.1. The van der Waals surface area contributed by atoms with Gasteiger partial charge in [0.05, 0.1) is 11.1 Å².